The SMILES string of the molecule is Cn1ccc(-c2ccc(-c3cncc(Cl)c3N3CCC4(CCNC4=O)CC3)cc2)c1. The quantitative estimate of drug-likeness (QED) is 0.678. The number of carbonyl (C=O) groups is 1. The van der Waals surface area contributed by atoms with Crippen LogP contribution in [0.2, 0.25) is 5.02 Å². The minimum Gasteiger partial charge on any atom is -0.370 e. The number of nitrogens with one attached hydrogen (secondary N) is 1. The maximum atomic E-state index is 12.3. The summed E-state index contributed by atoms with van der Waals surface area (Å²) >= 11 is 6.64. The van der Waals surface area contributed by atoms with Gasteiger partial charge in [-0.15, -0.1) is 0 Å². The van der Waals surface area contributed by atoms with Crippen LogP contribution in [0.3, 0.4) is 0 Å². The van der Waals surface area contributed by atoms with Crippen LogP contribution in [0.15, 0.2) is 55.1 Å². The average molecular weight is 421 g/mol. The van der Waals surface area contributed by atoms with Crippen molar-refractivity contribution in [2.45, 2.75) is 19.3 Å². The van der Waals surface area contributed by atoms with Crippen LogP contribution in [-0.2, 0) is 11.8 Å². The van der Waals surface area contributed by atoms with Gasteiger partial charge in [0.1, 0.15) is 0 Å². The van der Waals surface area contributed by atoms with Gasteiger partial charge in [0, 0.05) is 57.0 Å². The summed E-state index contributed by atoms with van der Waals surface area (Å²) in [5, 5.41) is 3.67. The fraction of sp³-hybridized carbons (Fsp3) is 0.333. The van der Waals surface area contributed by atoms with Crippen LogP contribution in [0, 0.1) is 5.41 Å². The zero-order chi connectivity index (χ0) is 20.7. The van der Waals surface area contributed by atoms with Crippen molar-refractivity contribution in [3.63, 3.8) is 0 Å². The summed E-state index contributed by atoms with van der Waals surface area (Å²) < 4.78 is 2.05. The van der Waals surface area contributed by atoms with Crippen molar-refractivity contribution in [2.75, 3.05) is 24.5 Å². The van der Waals surface area contributed by atoms with E-state index < -0.39 is 0 Å². The zero-order valence-electron chi connectivity index (χ0n) is 17.1. The van der Waals surface area contributed by atoms with Crippen molar-refractivity contribution in [3.8, 4) is 22.3 Å². The molecule has 5 rings (SSSR count). The van der Waals surface area contributed by atoms with Gasteiger partial charge in [-0.3, -0.25) is 9.78 Å². The standard InChI is InChI=1S/C24H25ClN4O/c1-28-11-6-19(16-28)17-2-4-18(5-3-17)20-14-26-15-21(25)22(20)29-12-8-24(9-13-29)7-10-27-23(24)30/h2-6,11,14-16H,7-10,12-13H2,1H3,(H,27,30). The number of aryl methyl sites for hydroxylation is 1. The average Bonchev–Trinajstić information content (AvgIpc) is 3.35. The highest BCUT2D eigenvalue weighted by Crippen LogP contribution is 2.43. The zero-order valence-corrected chi connectivity index (χ0v) is 17.8. The summed E-state index contributed by atoms with van der Waals surface area (Å²) in [4.78, 5) is 19.0. The van der Waals surface area contributed by atoms with Crippen molar-refractivity contribution in [2.24, 2.45) is 12.5 Å². The molecule has 0 atom stereocenters. The monoisotopic (exact) mass is 420 g/mol. The lowest BCUT2D eigenvalue weighted by Gasteiger charge is -2.39. The summed E-state index contributed by atoms with van der Waals surface area (Å²) in [6, 6.07) is 10.7. The van der Waals surface area contributed by atoms with Crippen molar-refractivity contribution >= 4 is 23.2 Å². The Labute approximate surface area is 181 Å². The molecular formula is C24H25ClN4O. The number of amides is 1. The van der Waals surface area contributed by atoms with Crippen molar-refractivity contribution in [1.29, 1.82) is 0 Å². The predicted octanol–water partition coefficient (Wildman–Crippen LogP) is 4.51. The molecule has 0 saturated carbocycles. The van der Waals surface area contributed by atoms with Gasteiger partial charge in [0.25, 0.3) is 0 Å². The summed E-state index contributed by atoms with van der Waals surface area (Å²) in [7, 11) is 2.03. The Morgan fingerprint density at radius 2 is 1.73 bits per heavy atom. The van der Waals surface area contributed by atoms with Crippen molar-refractivity contribution in [1.82, 2.24) is 14.9 Å². The van der Waals surface area contributed by atoms with Gasteiger partial charge in [0.2, 0.25) is 5.91 Å². The third kappa shape index (κ3) is 3.27. The molecule has 30 heavy (non-hydrogen) atoms. The first-order chi connectivity index (χ1) is 14.6. The second-order valence-corrected chi connectivity index (χ2v) is 8.84. The molecule has 0 unspecified atom stereocenters. The number of aromatic nitrogens is 2. The largest absolute Gasteiger partial charge is 0.370 e. The van der Waals surface area contributed by atoms with Crippen LogP contribution in [-0.4, -0.2) is 35.1 Å². The Morgan fingerprint density at radius 1 is 1.00 bits per heavy atom. The van der Waals surface area contributed by atoms with E-state index in [1.807, 2.05) is 13.2 Å². The van der Waals surface area contributed by atoms with Gasteiger partial charge in [-0.05, 0) is 42.0 Å². The van der Waals surface area contributed by atoms with Crippen LogP contribution in [0.4, 0.5) is 5.69 Å². The van der Waals surface area contributed by atoms with Crippen molar-refractivity contribution < 1.29 is 4.79 Å². The van der Waals surface area contributed by atoms with Crippen LogP contribution in [0.25, 0.3) is 22.3 Å². The van der Waals surface area contributed by atoms with Crippen LogP contribution < -0.4 is 10.2 Å². The van der Waals surface area contributed by atoms with Gasteiger partial charge in [-0.1, -0.05) is 35.9 Å². The predicted molar refractivity (Wildman–Crippen MR) is 121 cm³/mol. The number of piperidine rings is 1. The summed E-state index contributed by atoms with van der Waals surface area (Å²) in [5.74, 6) is 0.222. The Hall–Kier alpha value is -2.79. The Bertz CT molecular complexity index is 1080. The number of halogens is 1. The lowest BCUT2D eigenvalue weighted by atomic mass is 9.77. The van der Waals surface area contributed by atoms with E-state index in [9.17, 15) is 4.79 Å². The fourth-order valence-corrected chi connectivity index (χ4v) is 5.11. The van der Waals surface area contributed by atoms with E-state index in [-0.39, 0.29) is 11.3 Å². The normalized spacial score (nSPS) is 18.1. The van der Waals surface area contributed by atoms with Gasteiger partial charge < -0.3 is 14.8 Å². The van der Waals surface area contributed by atoms with Crippen LogP contribution >= 0.6 is 11.6 Å². The van der Waals surface area contributed by atoms with Crippen molar-refractivity contribution in [3.05, 3.63) is 60.1 Å². The number of hydrogen-bond donors (Lipinski definition) is 1. The fourth-order valence-electron chi connectivity index (χ4n) is 4.83. The molecule has 1 N–H and O–H groups in total. The molecule has 2 fully saturated rings. The molecule has 5 nitrogen and oxygen atoms in total. The molecule has 1 amide bonds. The summed E-state index contributed by atoms with van der Waals surface area (Å²) in [5.41, 5.74) is 5.35. The molecule has 2 aliphatic rings. The molecule has 2 aliphatic heterocycles. The van der Waals surface area contributed by atoms with E-state index in [1.54, 1.807) is 6.20 Å². The van der Waals surface area contributed by atoms with E-state index >= 15 is 0 Å². The molecule has 0 aliphatic carbocycles. The van der Waals surface area contributed by atoms with E-state index in [0.717, 1.165) is 55.7 Å². The van der Waals surface area contributed by atoms with Crippen LogP contribution in [0.5, 0.6) is 0 Å². The number of carbonyl (C=O) groups excluding carboxylic acids is 1. The van der Waals surface area contributed by atoms with E-state index in [2.05, 4.69) is 62.5 Å². The van der Waals surface area contributed by atoms with E-state index in [4.69, 9.17) is 11.6 Å². The van der Waals surface area contributed by atoms with Gasteiger partial charge in [0.05, 0.1) is 16.1 Å². The molecule has 1 aromatic carbocycles. The summed E-state index contributed by atoms with van der Waals surface area (Å²) in [6.07, 6.45) is 10.4. The highest BCUT2D eigenvalue weighted by Gasteiger charge is 2.44. The Morgan fingerprint density at radius 3 is 2.37 bits per heavy atom. The Balaban J connectivity index is 1.43. The topological polar surface area (TPSA) is 50.2 Å². The van der Waals surface area contributed by atoms with E-state index in [1.165, 1.54) is 11.1 Å². The number of hydrogen-bond acceptors (Lipinski definition) is 3. The molecule has 6 heteroatoms. The molecule has 0 radical (unpaired) electrons. The molecule has 154 valence electrons. The minimum absolute atomic E-state index is 0.187. The molecule has 2 saturated heterocycles. The third-order valence-corrected chi connectivity index (χ3v) is 6.92. The molecule has 1 spiro atoms. The first-order valence-corrected chi connectivity index (χ1v) is 10.8. The molecule has 4 heterocycles. The minimum atomic E-state index is -0.187. The van der Waals surface area contributed by atoms with Gasteiger partial charge in [-0.25, -0.2) is 0 Å². The third-order valence-electron chi connectivity index (χ3n) is 6.64. The smallest absolute Gasteiger partial charge is 0.226 e. The first kappa shape index (κ1) is 19.2. The number of nitrogens with zero attached hydrogens (tertiary/aromatic N) is 3. The number of rotatable bonds is 3. The maximum absolute atomic E-state index is 12.3. The number of anilines is 1. The second kappa shape index (κ2) is 7.47. The Kier molecular flexibility index (Phi) is 4.78. The van der Waals surface area contributed by atoms with Gasteiger partial charge in [-0.2, -0.15) is 0 Å². The lowest BCUT2D eigenvalue weighted by molar-refractivity contribution is -0.128. The highest BCUT2D eigenvalue weighted by atomic mass is 35.5. The lowest BCUT2D eigenvalue weighted by Crippen LogP contribution is -2.44. The van der Waals surface area contributed by atoms with Gasteiger partial charge in [0.15, 0.2) is 0 Å². The van der Waals surface area contributed by atoms with Crippen LogP contribution in [0.1, 0.15) is 19.3 Å². The van der Waals surface area contributed by atoms with Gasteiger partial charge >= 0.3 is 0 Å². The first-order valence-electron chi connectivity index (χ1n) is 10.5. The maximum Gasteiger partial charge on any atom is 0.226 e. The summed E-state index contributed by atoms with van der Waals surface area (Å²) in [6.45, 7) is 2.45. The molecule has 3 aromatic rings. The van der Waals surface area contributed by atoms with E-state index in [0.29, 0.717) is 5.02 Å². The second-order valence-electron chi connectivity index (χ2n) is 8.43. The number of benzene rings is 1. The molecule has 2 aromatic heterocycles. The number of pyridine rings is 1. The molecular weight excluding hydrogens is 396 g/mol. The molecule has 0 bridgehead atoms. The highest BCUT2D eigenvalue weighted by molar-refractivity contribution is 6.33.